The van der Waals surface area contributed by atoms with Gasteiger partial charge in [-0.2, -0.15) is 5.10 Å². The summed E-state index contributed by atoms with van der Waals surface area (Å²) in [5.74, 6) is 0.536. The van der Waals surface area contributed by atoms with Crippen LogP contribution in [0, 0.1) is 13.8 Å². The summed E-state index contributed by atoms with van der Waals surface area (Å²) < 4.78 is 3.46. The van der Waals surface area contributed by atoms with Gasteiger partial charge in [0.1, 0.15) is 0 Å². The van der Waals surface area contributed by atoms with Crippen LogP contribution >= 0.6 is 0 Å². The molecular formula is C21H21N7O. The molecule has 8 nitrogen and oxygen atoms in total. The van der Waals surface area contributed by atoms with Crippen LogP contribution in [0.15, 0.2) is 54.6 Å². The molecule has 146 valence electrons. The van der Waals surface area contributed by atoms with E-state index in [2.05, 4.69) is 25.9 Å². The molecule has 0 aliphatic rings. The molecule has 0 radical (unpaired) electrons. The van der Waals surface area contributed by atoms with E-state index in [0.717, 1.165) is 28.2 Å². The Kier molecular flexibility index (Phi) is 4.90. The first kappa shape index (κ1) is 18.5. The summed E-state index contributed by atoms with van der Waals surface area (Å²) in [4.78, 5) is 12.7. The number of aromatic nitrogens is 6. The first-order valence-electron chi connectivity index (χ1n) is 9.26. The van der Waals surface area contributed by atoms with Crippen LogP contribution < -0.4 is 5.32 Å². The number of carbonyl (C=O) groups excluding carboxylic acids is 1. The van der Waals surface area contributed by atoms with E-state index in [1.54, 1.807) is 11.7 Å². The van der Waals surface area contributed by atoms with E-state index >= 15 is 0 Å². The van der Waals surface area contributed by atoms with Gasteiger partial charge in [-0.05, 0) is 48.5 Å². The molecule has 0 bridgehead atoms. The standard InChI is InChI=1S/C21H21N7O/c1-14-19(15(2)28(24-14)18-10-5-4-6-11-18)13-20(29)22-17-9-7-8-16(12-17)21-23-25-26-27(21)3/h4-12H,13H2,1-3H3,(H,22,29). The van der Waals surface area contributed by atoms with Gasteiger partial charge >= 0.3 is 0 Å². The Morgan fingerprint density at radius 1 is 1.07 bits per heavy atom. The number of rotatable bonds is 5. The van der Waals surface area contributed by atoms with Gasteiger partial charge in [0.25, 0.3) is 0 Å². The van der Waals surface area contributed by atoms with Gasteiger partial charge < -0.3 is 5.32 Å². The highest BCUT2D eigenvalue weighted by Gasteiger charge is 2.16. The summed E-state index contributed by atoms with van der Waals surface area (Å²) in [6, 6.07) is 17.4. The lowest BCUT2D eigenvalue weighted by Gasteiger charge is -2.08. The normalized spacial score (nSPS) is 10.9. The molecule has 0 aliphatic heterocycles. The Morgan fingerprint density at radius 2 is 1.86 bits per heavy atom. The molecule has 4 aromatic rings. The number of tetrazole rings is 1. The van der Waals surface area contributed by atoms with Crippen molar-refractivity contribution in [3.05, 3.63) is 71.5 Å². The summed E-state index contributed by atoms with van der Waals surface area (Å²) in [7, 11) is 1.77. The number of hydrogen-bond donors (Lipinski definition) is 1. The van der Waals surface area contributed by atoms with Crippen LogP contribution in [0.1, 0.15) is 17.0 Å². The van der Waals surface area contributed by atoms with Crippen molar-refractivity contribution in [1.82, 2.24) is 30.0 Å². The van der Waals surface area contributed by atoms with Crippen LogP contribution in [0.3, 0.4) is 0 Å². The monoisotopic (exact) mass is 387 g/mol. The number of nitrogens with one attached hydrogen (secondary N) is 1. The molecule has 0 saturated heterocycles. The summed E-state index contributed by atoms with van der Waals surface area (Å²) >= 11 is 0. The number of anilines is 1. The largest absolute Gasteiger partial charge is 0.326 e. The number of carbonyl (C=O) groups is 1. The number of benzene rings is 2. The van der Waals surface area contributed by atoms with Gasteiger partial charge in [0.05, 0.1) is 17.8 Å². The van der Waals surface area contributed by atoms with Crippen molar-refractivity contribution in [2.45, 2.75) is 20.3 Å². The van der Waals surface area contributed by atoms with E-state index in [9.17, 15) is 4.79 Å². The highest BCUT2D eigenvalue weighted by atomic mass is 16.1. The molecule has 0 spiro atoms. The fraction of sp³-hybridized carbons (Fsp3) is 0.190. The average Bonchev–Trinajstić information content (AvgIpc) is 3.27. The van der Waals surface area contributed by atoms with Gasteiger partial charge in [-0.25, -0.2) is 9.36 Å². The second-order valence-corrected chi connectivity index (χ2v) is 6.83. The van der Waals surface area contributed by atoms with E-state index < -0.39 is 0 Å². The molecule has 8 heteroatoms. The molecule has 2 aromatic carbocycles. The number of aryl methyl sites for hydroxylation is 2. The maximum atomic E-state index is 12.7. The Hall–Kier alpha value is -3.81. The molecule has 0 saturated carbocycles. The zero-order chi connectivity index (χ0) is 20.4. The lowest BCUT2D eigenvalue weighted by Crippen LogP contribution is -2.15. The quantitative estimate of drug-likeness (QED) is 0.569. The van der Waals surface area contributed by atoms with Crippen LogP contribution in [0.2, 0.25) is 0 Å². The molecule has 0 atom stereocenters. The summed E-state index contributed by atoms with van der Waals surface area (Å²) in [6.07, 6.45) is 0.250. The van der Waals surface area contributed by atoms with Crippen LogP contribution in [0.25, 0.3) is 17.1 Å². The van der Waals surface area contributed by atoms with Crippen LogP contribution in [-0.4, -0.2) is 35.9 Å². The van der Waals surface area contributed by atoms with Crippen molar-refractivity contribution in [2.75, 3.05) is 5.32 Å². The molecule has 29 heavy (non-hydrogen) atoms. The summed E-state index contributed by atoms with van der Waals surface area (Å²) in [6.45, 7) is 3.91. The molecular weight excluding hydrogens is 366 g/mol. The van der Waals surface area contributed by atoms with Gasteiger partial charge in [0.15, 0.2) is 5.82 Å². The van der Waals surface area contributed by atoms with Crippen molar-refractivity contribution >= 4 is 11.6 Å². The molecule has 2 aromatic heterocycles. The third-order valence-corrected chi connectivity index (χ3v) is 4.80. The first-order chi connectivity index (χ1) is 14.0. The van der Waals surface area contributed by atoms with Crippen LogP contribution in [-0.2, 0) is 18.3 Å². The molecule has 2 heterocycles. The van der Waals surface area contributed by atoms with Gasteiger partial charge in [-0.1, -0.05) is 30.3 Å². The van der Waals surface area contributed by atoms with Crippen molar-refractivity contribution in [3.63, 3.8) is 0 Å². The summed E-state index contributed by atoms with van der Waals surface area (Å²) in [5.41, 5.74) is 5.24. The molecule has 0 aliphatic carbocycles. The summed E-state index contributed by atoms with van der Waals surface area (Å²) in [5, 5.41) is 19.1. The van der Waals surface area contributed by atoms with E-state index in [1.165, 1.54) is 0 Å². The number of hydrogen-bond acceptors (Lipinski definition) is 5. The Labute approximate surface area is 168 Å². The predicted molar refractivity (Wildman–Crippen MR) is 110 cm³/mol. The van der Waals surface area contributed by atoms with Crippen LogP contribution in [0.5, 0.6) is 0 Å². The Bertz CT molecular complexity index is 1160. The third kappa shape index (κ3) is 3.77. The van der Waals surface area contributed by atoms with Gasteiger partial charge in [-0.15, -0.1) is 5.10 Å². The lowest BCUT2D eigenvalue weighted by molar-refractivity contribution is -0.115. The Morgan fingerprint density at radius 3 is 2.59 bits per heavy atom. The minimum Gasteiger partial charge on any atom is -0.326 e. The molecule has 1 amide bonds. The minimum atomic E-state index is -0.1000. The second-order valence-electron chi connectivity index (χ2n) is 6.83. The van der Waals surface area contributed by atoms with Crippen molar-refractivity contribution in [2.24, 2.45) is 7.05 Å². The smallest absolute Gasteiger partial charge is 0.228 e. The van der Waals surface area contributed by atoms with Crippen molar-refractivity contribution < 1.29 is 4.79 Å². The molecule has 0 fully saturated rings. The third-order valence-electron chi connectivity index (χ3n) is 4.80. The van der Waals surface area contributed by atoms with Crippen molar-refractivity contribution in [3.8, 4) is 17.1 Å². The number of amides is 1. The van der Waals surface area contributed by atoms with E-state index in [0.29, 0.717) is 11.5 Å². The zero-order valence-electron chi connectivity index (χ0n) is 16.5. The van der Waals surface area contributed by atoms with Crippen molar-refractivity contribution in [1.29, 1.82) is 0 Å². The maximum absolute atomic E-state index is 12.7. The Balaban J connectivity index is 1.53. The van der Waals surface area contributed by atoms with Gasteiger partial charge in [0, 0.05) is 29.6 Å². The fourth-order valence-corrected chi connectivity index (χ4v) is 3.33. The SMILES string of the molecule is Cc1nn(-c2ccccc2)c(C)c1CC(=O)Nc1cccc(-c2nnnn2C)c1. The topological polar surface area (TPSA) is 90.5 Å². The average molecular weight is 387 g/mol. The minimum absolute atomic E-state index is 0.1000. The number of para-hydroxylation sites is 1. The van der Waals surface area contributed by atoms with E-state index in [-0.39, 0.29) is 12.3 Å². The van der Waals surface area contributed by atoms with Gasteiger partial charge in [-0.3, -0.25) is 4.79 Å². The molecule has 4 rings (SSSR count). The maximum Gasteiger partial charge on any atom is 0.228 e. The first-order valence-corrected chi connectivity index (χ1v) is 9.26. The highest BCUT2D eigenvalue weighted by Crippen LogP contribution is 2.21. The fourth-order valence-electron chi connectivity index (χ4n) is 3.33. The molecule has 1 N–H and O–H groups in total. The second kappa shape index (κ2) is 7.67. The van der Waals surface area contributed by atoms with Gasteiger partial charge in [0.2, 0.25) is 5.91 Å². The highest BCUT2D eigenvalue weighted by molar-refractivity contribution is 5.93. The zero-order valence-corrected chi connectivity index (χ0v) is 16.5. The lowest BCUT2D eigenvalue weighted by atomic mass is 10.1. The molecule has 0 unspecified atom stereocenters. The van der Waals surface area contributed by atoms with E-state index in [4.69, 9.17) is 0 Å². The van der Waals surface area contributed by atoms with E-state index in [1.807, 2.05) is 73.1 Å². The number of nitrogens with zero attached hydrogens (tertiary/aromatic N) is 6. The van der Waals surface area contributed by atoms with Crippen LogP contribution in [0.4, 0.5) is 5.69 Å². The predicted octanol–water partition coefficient (Wildman–Crippen LogP) is 2.86.